The second-order valence-corrected chi connectivity index (χ2v) is 9.90. The van der Waals surface area contributed by atoms with Gasteiger partial charge >= 0.3 is 0 Å². The first-order valence-electron chi connectivity index (χ1n) is 10.4. The number of nitrogens with zero attached hydrogens (tertiary/aromatic N) is 3. The maximum absolute atomic E-state index is 13.0. The molecule has 0 unspecified atom stereocenters. The Balaban J connectivity index is 1.87. The molecule has 3 rings (SSSR count). The number of benzene rings is 2. The predicted molar refractivity (Wildman–Crippen MR) is 126 cm³/mol. The van der Waals surface area contributed by atoms with Crippen molar-refractivity contribution in [1.29, 1.82) is 0 Å². The summed E-state index contributed by atoms with van der Waals surface area (Å²) in [5.41, 5.74) is 1.79. The first kappa shape index (κ1) is 23.5. The molecule has 0 atom stereocenters. The van der Waals surface area contributed by atoms with Crippen molar-refractivity contribution in [1.82, 2.24) is 9.21 Å². The molecule has 2 aromatic carbocycles. The summed E-state index contributed by atoms with van der Waals surface area (Å²) in [4.78, 5) is 17.6. The van der Waals surface area contributed by atoms with E-state index >= 15 is 0 Å². The maximum atomic E-state index is 13.0. The van der Waals surface area contributed by atoms with Crippen LogP contribution in [0.3, 0.4) is 0 Å². The van der Waals surface area contributed by atoms with Crippen LogP contribution in [0.5, 0.6) is 0 Å². The number of anilines is 2. The van der Waals surface area contributed by atoms with Crippen molar-refractivity contribution in [3.63, 3.8) is 0 Å². The van der Waals surface area contributed by atoms with Gasteiger partial charge in [0.1, 0.15) is 0 Å². The fourth-order valence-electron chi connectivity index (χ4n) is 3.64. The SMILES string of the molecule is CCN(CC)S(=O)(=O)c1cccc(C(=O)Nc2cc(Cl)ccc2N2CCN(C)CC2)c1. The molecule has 2 aromatic rings. The van der Waals surface area contributed by atoms with Crippen LogP contribution in [0.2, 0.25) is 5.02 Å². The van der Waals surface area contributed by atoms with Crippen molar-refractivity contribution < 1.29 is 13.2 Å². The van der Waals surface area contributed by atoms with Crippen molar-refractivity contribution in [2.75, 3.05) is 56.5 Å². The van der Waals surface area contributed by atoms with Crippen LogP contribution in [0.25, 0.3) is 0 Å². The van der Waals surface area contributed by atoms with Crippen LogP contribution in [-0.2, 0) is 10.0 Å². The van der Waals surface area contributed by atoms with Crippen molar-refractivity contribution >= 4 is 38.9 Å². The number of carbonyl (C=O) groups is 1. The minimum absolute atomic E-state index is 0.106. The number of sulfonamides is 1. The number of nitrogens with one attached hydrogen (secondary N) is 1. The summed E-state index contributed by atoms with van der Waals surface area (Å²) in [5.74, 6) is -0.380. The Morgan fingerprint density at radius 2 is 1.74 bits per heavy atom. The highest BCUT2D eigenvalue weighted by atomic mass is 35.5. The third-order valence-corrected chi connectivity index (χ3v) is 7.77. The lowest BCUT2D eigenvalue weighted by Crippen LogP contribution is -2.44. The number of amides is 1. The van der Waals surface area contributed by atoms with Crippen molar-refractivity contribution in [2.24, 2.45) is 0 Å². The summed E-state index contributed by atoms with van der Waals surface area (Å²) in [7, 11) is -1.56. The Labute approximate surface area is 189 Å². The minimum atomic E-state index is -3.65. The van der Waals surface area contributed by atoms with Gasteiger partial charge in [-0.3, -0.25) is 4.79 Å². The quantitative estimate of drug-likeness (QED) is 0.680. The molecule has 7 nitrogen and oxygen atoms in total. The predicted octanol–water partition coefficient (Wildman–Crippen LogP) is 3.37. The second kappa shape index (κ2) is 9.99. The Morgan fingerprint density at radius 3 is 2.39 bits per heavy atom. The van der Waals surface area contributed by atoms with Gasteiger partial charge < -0.3 is 15.1 Å². The minimum Gasteiger partial charge on any atom is -0.367 e. The lowest BCUT2D eigenvalue weighted by Gasteiger charge is -2.35. The molecule has 168 valence electrons. The Morgan fingerprint density at radius 1 is 1.06 bits per heavy atom. The highest BCUT2D eigenvalue weighted by Gasteiger charge is 2.23. The van der Waals surface area contributed by atoms with Gasteiger partial charge in [-0.1, -0.05) is 31.5 Å². The van der Waals surface area contributed by atoms with E-state index in [0.717, 1.165) is 31.9 Å². The van der Waals surface area contributed by atoms with Crippen LogP contribution >= 0.6 is 11.6 Å². The van der Waals surface area contributed by atoms with E-state index in [1.165, 1.54) is 16.4 Å². The molecule has 31 heavy (non-hydrogen) atoms. The van der Waals surface area contributed by atoms with Crippen LogP contribution in [0.4, 0.5) is 11.4 Å². The van der Waals surface area contributed by atoms with E-state index < -0.39 is 10.0 Å². The number of hydrogen-bond acceptors (Lipinski definition) is 5. The number of hydrogen-bond donors (Lipinski definition) is 1. The van der Waals surface area contributed by atoms with E-state index in [0.29, 0.717) is 23.8 Å². The summed E-state index contributed by atoms with van der Waals surface area (Å²) < 4.78 is 27.0. The van der Waals surface area contributed by atoms with Crippen molar-refractivity contribution in [3.05, 3.63) is 53.1 Å². The summed E-state index contributed by atoms with van der Waals surface area (Å²) in [6.07, 6.45) is 0. The molecule has 1 fully saturated rings. The fraction of sp³-hybridized carbons (Fsp3) is 0.409. The van der Waals surface area contributed by atoms with E-state index in [4.69, 9.17) is 11.6 Å². The van der Waals surface area contributed by atoms with E-state index in [1.54, 1.807) is 32.0 Å². The zero-order valence-corrected chi connectivity index (χ0v) is 19.7. The molecule has 1 aliphatic heterocycles. The molecule has 1 amide bonds. The molecule has 1 N–H and O–H groups in total. The number of halogens is 1. The Bertz CT molecular complexity index is 1030. The van der Waals surface area contributed by atoms with Gasteiger partial charge in [0.05, 0.1) is 16.3 Å². The Kier molecular flexibility index (Phi) is 7.59. The molecule has 0 bridgehead atoms. The number of piperazine rings is 1. The average molecular weight is 465 g/mol. The molecular weight excluding hydrogens is 436 g/mol. The van der Waals surface area contributed by atoms with Crippen LogP contribution in [0, 0.1) is 0 Å². The van der Waals surface area contributed by atoms with Crippen LogP contribution in [-0.4, -0.2) is 69.8 Å². The molecule has 1 saturated heterocycles. The summed E-state index contributed by atoms with van der Waals surface area (Å²) in [5, 5.41) is 3.44. The summed E-state index contributed by atoms with van der Waals surface area (Å²) >= 11 is 6.20. The normalized spacial score (nSPS) is 15.3. The molecule has 0 spiro atoms. The van der Waals surface area contributed by atoms with Crippen LogP contribution < -0.4 is 10.2 Å². The fourth-order valence-corrected chi connectivity index (χ4v) is 5.31. The van der Waals surface area contributed by atoms with E-state index in [2.05, 4.69) is 22.2 Å². The van der Waals surface area contributed by atoms with Crippen LogP contribution in [0.1, 0.15) is 24.2 Å². The first-order valence-corrected chi connectivity index (χ1v) is 12.2. The summed E-state index contributed by atoms with van der Waals surface area (Å²) in [6.45, 7) is 7.87. The van der Waals surface area contributed by atoms with Gasteiger partial charge in [0.2, 0.25) is 10.0 Å². The molecule has 0 aliphatic carbocycles. The van der Waals surface area contributed by atoms with Crippen molar-refractivity contribution in [2.45, 2.75) is 18.7 Å². The summed E-state index contributed by atoms with van der Waals surface area (Å²) in [6, 6.07) is 11.6. The molecule has 0 aromatic heterocycles. The maximum Gasteiger partial charge on any atom is 0.255 e. The van der Waals surface area contributed by atoms with Gasteiger partial charge in [-0.25, -0.2) is 8.42 Å². The molecule has 1 heterocycles. The molecular formula is C22H29ClN4O3S. The number of carbonyl (C=O) groups excluding carboxylic acids is 1. The molecule has 1 aliphatic rings. The lowest BCUT2D eigenvalue weighted by molar-refractivity contribution is 0.102. The molecule has 9 heteroatoms. The smallest absolute Gasteiger partial charge is 0.255 e. The second-order valence-electron chi connectivity index (χ2n) is 7.52. The molecule has 0 radical (unpaired) electrons. The van der Waals surface area contributed by atoms with E-state index in [-0.39, 0.29) is 16.4 Å². The highest BCUT2D eigenvalue weighted by Crippen LogP contribution is 2.30. The standard InChI is InChI=1S/C22H29ClN4O3S/c1-4-27(5-2)31(29,30)19-8-6-7-17(15-19)22(28)24-20-16-18(23)9-10-21(20)26-13-11-25(3)12-14-26/h6-10,15-16H,4-5,11-14H2,1-3H3,(H,24,28). The van der Waals surface area contributed by atoms with E-state index in [9.17, 15) is 13.2 Å². The van der Waals surface area contributed by atoms with Crippen LogP contribution in [0.15, 0.2) is 47.4 Å². The lowest BCUT2D eigenvalue weighted by atomic mass is 10.1. The Hall–Kier alpha value is -2.13. The largest absolute Gasteiger partial charge is 0.367 e. The number of likely N-dealkylation sites (N-methyl/N-ethyl adjacent to an activating group) is 1. The first-order chi connectivity index (χ1) is 14.8. The zero-order chi connectivity index (χ0) is 22.6. The van der Waals surface area contributed by atoms with Crippen molar-refractivity contribution in [3.8, 4) is 0 Å². The van der Waals surface area contributed by atoms with Gasteiger partial charge in [-0.2, -0.15) is 4.31 Å². The van der Waals surface area contributed by atoms with Gasteiger partial charge in [0.25, 0.3) is 5.91 Å². The third kappa shape index (κ3) is 5.38. The third-order valence-electron chi connectivity index (χ3n) is 5.49. The van der Waals surface area contributed by atoms with Gasteiger partial charge in [-0.05, 0) is 43.4 Å². The highest BCUT2D eigenvalue weighted by molar-refractivity contribution is 7.89. The van der Waals surface area contributed by atoms with Gasteiger partial charge in [0, 0.05) is 49.9 Å². The number of rotatable bonds is 7. The topological polar surface area (TPSA) is 73.0 Å². The zero-order valence-electron chi connectivity index (χ0n) is 18.1. The van der Waals surface area contributed by atoms with E-state index in [1.807, 2.05) is 12.1 Å². The molecule has 0 saturated carbocycles. The monoisotopic (exact) mass is 464 g/mol. The average Bonchev–Trinajstić information content (AvgIpc) is 2.75. The van der Waals surface area contributed by atoms with Gasteiger partial charge in [-0.15, -0.1) is 0 Å². The van der Waals surface area contributed by atoms with Gasteiger partial charge in [0.15, 0.2) is 0 Å².